The number of likely N-dealkylation sites (N-methyl/N-ethyl adjacent to an activating group) is 1. The lowest BCUT2D eigenvalue weighted by atomic mass is 10.2. The molecule has 0 saturated carbocycles. The van der Waals surface area contributed by atoms with Gasteiger partial charge in [-0.1, -0.05) is 12.1 Å². The largest absolute Gasteiger partial charge is 0.313 e. The second-order valence-electron chi connectivity index (χ2n) is 4.60. The van der Waals surface area contributed by atoms with Gasteiger partial charge in [0.05, 0.1) is 4.90 Å². The summed E-state index contributed by atoms with van der Waals surface area (Å²) in [5, 5.41) is 3.09. The molecule has 1 N–H and O–H groups in total. The molecule has 0 spiro atoms. The molecule has 1 aromatic rings. The lowest BCUT2D eigenvalue weighted by Gasteiger charge is -2.35. The number of nitrogens with zero attached hydrogens (tertiary/aromatic N) is 1. The molecule has 0 radical (unpaired) electrons. The monoisotopic (exact) mass is 290 g/mol. The summed E-state index contributed by atoms with van der Waals surface area (Å²) in [5.41, 5.74) is 1.77. The number of hydrogen-bond donors (Lipinski definition) is 1. The first kappa shape index (κ1) is 15.4. The van der Waals surface area contributed by atoms with Gasteiger partial charge < -0.3 is 5.32 Å². The van der Waals surface area contributed by atoms with E-state index < -0.39 is 10.0 Å². The van der Waals surface area contributed by atoms with Gasteiger partial charge in [0.15, 0.2) is 0 Å². The van der Waals surface area contributed by atoms with E-state index in [4.69, 9.17) is 0 Å². The fraction of sp³-hybridized carbons (Fsp3) is 0.500. The summed E-state index contributed by atoms with van der Waals surface area (Å²) in [6.07, 6.45) is 0. The molecule has 0 atom stereocenters. The average molecular weight is 291 g/mol. The lowest BCUT2D eigenvalue weighted by Crippen LogP contribution is -2.57. The molecule has 1 heterocycles. The van der Waals surface area contributed by atoms with Gasteiger partial charge in [-0.05, 0) is 31.0 Å². The highest BCUT2D eigenvalue weighted by atomic mass is 35.5. The number of nitrogens with one attached hydrogen (secondary N) is 1. The van der Waals surface area contributed by atoms with E-state index in [0.717, 1.165) is 24.2 Å². The number of hydrogen-bond acceptors (Lipinski definition) is 3. The van der Waals surface area contributed by atoms with Crippen LogP contribution in [-0.4, -0.2) is 38.9 Å². The molecule has 4 nitrogen and oxygen atoms in total. The van der Waals surface area contributed by atoms with Crippen LogP contribution in [-0.2, 0) is 10.0 Å². The van der Waals surface area contributed by atoms with Gasteiger partial charge in [-0.2, -0.15) is 4.31 Å². The Morgan fingerprint density at radius 3 is 2.39 bits per heavy atom. The van der Waals surface area contributed by atoms with Gasteiger partial charge in [0.2, 0.25) is 10.0 Å². The predicted octanol–water partition coefficient (Wildman–Crippen LogP) is 1.32. The van der Waals surface area contributed by atoms with Crippen molar-refractivity contribution < 1.29 is 8.42 Å². The van der Waals surface area contributed by atoms with Crippen LogP contribution in [0.5, 0.6) is 0 Å². The minimum Gasteiger partial charge on any atom is -0.313 e. The van der Waals surface area contributed by atoms with Crippen molar-refractivity contribution in [2.75, 3.05) is 20.1 Å². The van der Waals surface area contributed by atoms with E-state index in [0.29, 0.717) is 4.90 Å². The fourth-order valence-corrected chi connectivity index (χ4v) is 3.53. The van der Waals surface area contributed by atoms with Crippen molar-refractivity contribution in [1.82, 2.24) is 9.62 Å². The van der Waals surface area contributed by atoms with Gasteiger partial charge >= 0.3 is 0 Å². The Labute approximate surface area is 115 Å². The Kier molecular flexibility index (Phi) is 4.78. The molecule has 18 heavy (non-hydrogen) atoms. The topological polar surface area (TPSA) is 49.4 Å². The van der Waals surface area contributed by atoms with Crippen LogP contribution in [0.25, 0.3) is 0 Å². The van der Waals surface area contributed by atoms with E-state index in [1.165, 1.54) is 4.31 Å². The third-order valence-corrected chi connectivity index (χ3v) is 5.33. The normalized spacial score (nSPS) is 16.2. The molecule has 1 saturated heterocycles. The molecule has 6 heteroatoms. The van der Waals surface area contributed by atoms with E-state index in [9.17, 15) is 8.42 Å². The summed E-state index contributed by atoms with van der Waals surface area (Å²) >= 11 is 0. The standard InChI is InChI=1S/C12H18N2O2S.ClH/c1-9-4-5-10(2)12(6-9)17(15,16)14(3)11-7-13-8-11;/h4-6,11,13H,7-8H2,1-3H3;1H. The average Bonchev–Trinajstić information content (AvgIpc) is 2.19. The van der Waals surface area contributed by atoms with Crippen LogP contribution < -0.4 is 5.32 Å². The van der Waals surface area contributed by atoms with Gasteiger partial charge in [0.25, 0.3) is 0 Å². The van der Waals surface area contributed by atoms with E-state index in [1.807, 2.05) is 26.0 Å². The van der Waals surface area contributed by atoms with Gasteiger partial charge in [-0.25, -0.2) is 8.42 Å². The molecule has 102 valence electrons. The van der Waals surface area contributed by atoms with Crippen LogP contribution in [0.3, 0.4) is 0 Å². The van der Waals surface area contributed by atoms with Crippen molar-refractivity contribution in [2.45, 2.75) is 24.8 Å². The second-order valence-corrected chi connectivity index (χ2v) is 6.57. The Morgan fingerprint density at radius 1 is 1.28 bits per heavy atom. The van der Waals surface area contributed by atoms with Gasteiger partial charge in [0, 0.05) is 26.2 Å². The van der Waals surface area contributed by atoms with Crippen molar-refractivity contribution in [2.24, 2.45) is 0 Å². The van der Waals surface area contributed by atoms with Crippen LogP contribution in [0.4, 0.5) is 0 Å². The van der Waals surface area contributed by atoms with E-state index in [-0.39, 0.29) is 18.4 Å². The Balaban J connectivity index is 0.00000162. The highest BCUT2D eigenvalue weighted by Crippen LogP contribution is 2.22. The SMILES string of the molecule is Cc1ccc(C)c(S(=O)(=O)N(C)C2CNC2)c1.Cl. The summed E-state index contributed by atoms with van der Waals surface area (Å²) in [7, 11) is -1.70. The number of aryl methyl sites for hydroxylation is 2. The molecule has 0 aliphatic carbocycles. The van der Waals surface area contributed by atoms with Crippen LogP contribution in [0.1, 0.15) is 11.1 Å². The molecule has 0 bridgehead atoms. The molecule has 2 rings (SSSR count). The van der Waals surface area contributed by atoms with Crippen LogP contribution in [0, 0.1) is 13.8 Å². The maximum absolute atomic E-state index is 12.4. The third kappa shape index (κ3) is 2.69. The van der Waals surface area contributed by atoms with Crippen molar-refractivity contribution in [3.05, 3.63) is 29.3 Å². The molecule has 0 amide bonds. The van der Waals surface area contributed by atoms with Crippen molar-refractivity contribution >= 4 is 22.4 Å². The predicted molar refractivity (Wildman–Crippen MR) is 74.8 cm³/mol. The quantitative estimate of drug-likeness (QED) is 0.913. The Hall–Kier alpha value is -0.620. The number of halogens is 1. The number of sulfonamides is 1. The van der Waals surface area contributed by atoms with Gasteiger partial charge in [0.1, 0.15) is 0 Å². The van der Waals surface area contributed by atoms with E-state index >= 15 is 0 Å². The molecule has 1 aliphatic rings. The van der Waals surface area contributed by atoms with Crippen LogP contribution in [0.2, 0.25) is 0 Å². The first-order chi connectivity index (χ1) is 7.93. The first-order valence-electron chi connectivity index (χ1n) is 5.69. The van der Waals surface area contributed by atoms with Crippen molar-refractivity contribution in [3.63, 3.8) is 0 Å². The zero-order valence-electron chi connectivity index (χ0n) is 10.8. The zero-order chi connectivity index (χ0) is 12.6. The molecule has 1 aromatic carbocycles. The highest BCUT2D eigenvalue weighted by Gasteiger charge is 2.32. The van der Waals surface area contributed by atoms with E-state index in [2.05, 4.69) is 5.32 Å². The van der Waals surface area contributed by atoms with Gasteiger partial charge in [-0.3, -0.25) is 0 Å². The van der Waals surface area contributed by atoms with Crippen molar-refractivity contribution in [1.29, 1.82) is 0 Å². The molecule has 0 unspecified atom stereocenters. The smallest absolute Gasteiger partial charge is 0.243 e. The summed E-state index contributed by atoms with van der Waals surface area (Å²) in [6.45, 7) is 5.21. The number of benzene rings is 1. The zero-order valence-corrected chi connectivity index (χ0v) is 12.4. The van der Waals surface area contributed by atoms with Crippen LogP contribution >= 0.6 is 12.4 Å². The minimum absolute atomic E-state index is 0. The fourth-order valence-electron chi connectivity index (χ4n) is 1.87. The molecule has 1 aliphatic heterocycles. The first-order valence-corrected chi connectivity index (χ1v) is 7.13. The number of rotatable bonds is 3. The maximum atomic E-state index is 12.4. The molecular weight excluding hydrogens is 272 g/mol. The molecular formula is C12H19ClN2O2S. The Morgan fingerprint density at radius 2 is 1.89 bits per heavy atom. The summed E-state index contributed by atoms with van der Waals surface area (Å²) in [4.78, 5) is 0.423. The maximum Gasteiger partial charge on any atom is 0.243 e. The van der Waals surface area contributed by atoms with Gasteiger partial charge in [-0.15, -0.1) is 12.4 Å². The highest BCUT2D eigenvalue weighted by molar-refractivity contribution is 7.89. The lowest BCUT2D eigenvalue weighted by molar-refractivity contribution is 0.274. The second kappa shape index (κ2) is 5.57. The molecule has 1 fully saturated rings. The molecule has 0 aromatic heterocycles. The van der Waals surface area contributed by atoms with Crippen LogP contribution in [0.15, 0.2) is 23.1 Å². The van der Waals surface area contributed by atoms with E-state index in [1.54, 1.807) is 13.1 Å². The third-order valence-electron chi connectivity index (χ3n) is 3.27. The summed E-state index contributed by atoms with van der Waals surface area (Å²) in [5.74, 6) is 0. The van der Waals surface area contributed by atoms with Crippen molar-refractivity contribution in [3.8, 4) is 0 Å². The summed E-state index contributed by atoms with van der Waals surface area (Å²) in [6, 6.07) is 5.61. The summed E-state index contributed by atoms with van der Waals surface area (Å²) < 4.78 is 26.4. The minimum atomic E-state index is -3.36. The Bertz CT molecular complexity index is 527.